The highest BCUT2D eigenvalue weighted by atomic mass is 16.5. The minimum atomic E-state index is -0.344. The van der Waals surface area contributed by atoms with Gasteiger partial charge in [0.25, 0.3) is 0 Å². The van der Waals surface area contributed by atoms with E-state index in [1.54, 1.807) is 13.0 Å². The molecule has 0 N–H and O–H groups in total. The van der Waals surface area contributed by atoms with Gasteiger partial charge in [-0.1, -0.05) is 6.08 Å². The monoisotopic (exact) mass is 250 g/mol. The van der Waals surface area contributed by atoms with E-state index in [4.69, 9.17) is 14.2 Å². The molecule has 18 heavy (non-hydrogen) atoms. The smallest absolute Gasteiger partial charge is 0.232 e. The van der Waals surface area contributed by atoms with Crippen LogP contribution in [-0.2, 0) is 23.8 Å². The summed E-state index contributed by atoms with van der Waals surface area (Å²) in [5, 5.41) is 0. The standard InChI is InChI=1S/C13H14O5/c1-4-7-5-18-6-8-9(7)11(15)13(17-3)12(16-2)10(8)14/h4H,5-6H2,1-3H3/b7-4+. The van der Waals surface area contributed by atoms with Crippen LogP contribution in [0.5, 0.6) is 0 Å². The van der Waals surface area contributed by atoms with Gasteiger partial charge in [-0.15, -0.1) is 0 Å². The van der Waals surface area contributed by atoms with E-state index in [0.717, 1.165) is 0 Å². The van der Waals surface area contributed by atoms with E-state index in [0.29, 0.717) is 23.3 Å². The maximum atomic E-state index is 12.3. The van der Waals surface area contributed by atoms with Gasteiger partial charge in [-0.3, -0.25) is 9.59 Å². The first kappa shape index (κ1) is 12.6. The number of ketones is 2. The van der Waals surface area contributed by atoms with Crippen LogP contribution in [0.15, 0.2) is 34.3 Å². The zero-order valence-electron chi connectivity index (χ0n) is 10.5. The lowest BCUT2D eigenvalue weighted by Gasteiger charge is -2.26. The highest BCUT2D eigenvalue weighted by Gasteiger charge is 2.39. The van der Waals surface area contributed by atoms with Crippen LogP contribution in [-0.4, -0.2) is 39.0 Å². The van der Waals surface area contributed by atoms with Gasteiger partial charge in [0.05, 0.1) is 27.4 Å². The van der Waals surface area contributed by atoms with Crippen LogP contribution in [0.25, 0.3) is 0 Å². The topological polar surface area (TPSA) is 61.8 Å². The molecule has 2 rings (SSSR count). The van der Waals surface area contributed by atoms with Crippen LogP contribution in [0, 0.1) is 0 Å². The van der Waals surface area contributed by atoms with Crippen molar-refractivity contribution >= 4 is 11.6 Å². The van der Waals surface area contributed by atoms with Gasteiger partial charge >= 0.3 is 0 Å². The molecule has 0 unspecified atom stereocenters. The number of rotatable bonds is 2. The quantitative estimate of drug-likeness (QED) is 0.682. The van der Waals surface area contributed by atoms with Gasteiger partial charge in [-0.2, -0.15) is 0 Å². The molecule has 1 aliphatic heterocycles. The van der Waals surface area contributed by atoms with Crippen molar-refractivity contribution in [3.05, 3.63) is 34.3 Å². The lowest BCUT2D eigenvalue weighted by molar-refractivity contribution is -0.121. The molecule has 5 heteroatoms. The molecule has 96 valence electrons. The average molecular weight is 250 g/mol. The Hall–Kier alpha value is -1.88. The first-order valence-electron chi connectivity index (χ1n) is 5.53. The molecule has 0 aromatic carbocycles. The van der Waals surface area contributed by atoms with Crippen molar-refractivity contribution in [1.82, 2.24) is 0 Å². The third kappa shape index (κ3) is 1.67. The number of hydrogen-bond acceptors (Lipinski definition) is 5. The predicted molar refractivity (Wildman–Crippen MR) is 62.7 cm³/mol. The maximum Gasteiger partial charge on any atom is 0.232 e. The zero-order valence-corrected chi connectivity index (χ0v) is 10.5. The first-order valence-corrected chi connectivity index (χ1v) is 5.53. The summed E-state index contributed by atoms with van der Waals surface area (Å²) in [6, 6.07) is 0. The molecule has 0 aromatic heterocycles. The number of ether oxygens (including phenoxy) is 3. The van der Waals surface area contributed by atoms with Gasteiger partial charge in [0.2, 0.25) is 23.1 Å². The molecule has 1 aliphatic carbocycles. The lowest BCUT2D eigenvalue weighted by Crippen LogP contribution is -2.32. The summed E-state index contributed by atoms with van der Waals surface area (Å²) in [5.74, 6) is -0.756. The zero-order chi connectivity index (χ0) is 13.3. The van der Waals surface area contributed by atoms with Gasteiger partial charge < -0.3 is 14.2 Å². The normalized spacial score (nSPS) is 22.5. The van der Waals surface area contributed by atoms with Crippen LogP contribution in [0.2, 0.25) is 0 Å². The van der Waals surface area contributed by atoms with E-state index < -0.39 is 0 Å². The second kappa shape index (κ2) is 4.78. The van der Waals surface area contributed by atoms with Gasteiger partial charge in [-0.05, 0) is 12.5 Å². The van der Waals surface area contributed by atoms with Crippen molar-refractivity contribution in [1.29, 1.82) is 0 Å². The molecule has 0 aromatic rings. The summed E-state index contributed by atoms with van der Waals surface area (Å²) in [6.07, 6.45) is 1.77. The average Bonchev–Trinajstić information content (AvgIpc) is 2.41. The van der Waals surface area contributed by atoms with E-state index >= 15 is 0 Å². The molecule has 0 spiro atoms. The first-order chi connectivity index (χ1) is 8.65. The molecular formula is C13H14O5. The Morgan fingerprint density at radius 2 is 1.67 bits per heavy atom. The second-order valence-electron chi connectivity index (χ2n) is 3.89. The number of Topliss-reactive ketones (excluding diaryl/α,β-unsaturated/α-hetero) is 2. The van der Waals surface area contributed by atoms with Crippen molar-refractivity contribution in [3.63, 3.8) is 0 Å². The minimum absolute atomic E-state index is 0.0394. The Morgan fingerprint density at radius 1 is 1.06 bits per heavy atom. The van der Waals surface area contributed by atoms with Crippen molar-refractivity contribution in [3.8, 4) is 0 Å². The summed E-state index contributed by atoms with van der Waals surface area (Å²) in [6.45, 7) is 2.25. The fourth-order valence-corrected chi connectivity index (χ4v) is 2.12. The second-order valence-corrected chi connectivity index (χ2v) is 3.89. The summed E-state index contributed by atoms with van der Waals surface area (Å²) in [5.41, 5.74) is 1.45. The molecule has 1 heterocycles. The van der Waals surface area contributed by atoms with Crippen LogP contribution in [0.4, 0.5) is 0 Å². The minimum Gasteiger partial charge on any atom is -0.489 e. The summed E-state index contributed by atoms with van der Waals surface area (Å²) in [4.78, 5) is 24.5. The van der Waals surface area contributed by atoms with Crippen molar-refractivity contribution in [2.24, 2.45) is 0 Å². The van der Waals surface area contributed by atoms with Crippen molar-refractivity contribution in [2.45, 2.75) is 6.92 Å². The predicted octanol–water partition coefficient (Wildman–Crippen LogP) is 0.916. The molecule has 0 fully saturated rings. The fourth-order valence-electron chi connectivity index (χ4n) is 2.12. The van der Waals surface area contributed by atoms with Crippen molar-refractivity contribution < 1.29 is 23.8 Å². The molecule has 0 bridgehead atoms. The van der Waals surface area contributed by atoms with Gasteiger partial charge in [0.1, 0.15) is 0 Å². The lowest BCUT2D eigenvalue weighted by atomic mass is 9.86. The fraction of sp³-hybridized carbons (Fsp3) is 0.385. The number of carbonyl (C=O) groups is 2. The van der Waals surface area contributed by atoms with E-state index in [1.807, 2.05) is 0 Å². The molecule has 0 saturated carbocycles. The molecule has 5 nitrogen and oxygen atoms in total. The largest absolute Gasteiger partial charge is 0.489 e. The van der Waals surface area contributed by atoms with E-state index in [-0.39, 0.29) is 29.7 Å². The van der Waals surface area contributed by atoms with Crippen LogP contribution in [0.1, 0.15) is 6.92 Å². The van der Waals surface area contributed by atoms with E-state index in [9.17, 15) is 9.59 Å². The Balaban J connectivity index is 2.60. The molecule has 0 atom stereocenters. The molecule has 0 saturated heterocycles. The van der Waals surface area contributed by atoms with Crippen LogP contribution >= 0.6 is 0 Å². The number of hydrogen-bond donors (Lipinski definition) is 0. The highest BCUT2D eigenvalue weighted by molar-refractivity contribution is 6.25. The third-order valence-electron chi connectivity index (χ3n) is 3.00. The van der Waals surface area contributed by atoms with Crippen LogP contribution in [0.3, 0.4) is 0 Å². The van der Waals surface area contributed by atoms with E-state index in [2.05, 4.69) is 0 Å². The van der Waals surface area contributed by atoms with Gasteiger partial charge in [0.15, 0.2) is 0 Å². The summed E-state index contributed by atoms with van der Waals surface area (Å²) in [7, 11) is 2.69. The Labute approximate surface area is 105 Å². The number of methoxy groups -OCH3 is 2. The molecular weight excluding hydrogens is 236 g/mol. The Morgan fingerprint density at radius 3 is 2.22 bits per heavy atom. The maximum absolute atomic E-state index is 12.3. The molecule has 0 amide bonds. The summed E-state index contributed by atoms with van der Waals surface area (Å²) >= 11 is 0. The van der Waals surface area contributed by atoms with Gasteiger partial charge in [-0.25, -0.2) is 0 Å². The Kier molecular flexibility index (Phi) is 3.34. The summed E-state index contributed by atoms with van der Waals surface area (Å²) < 4.78 is 15.3. The van der Waals surface area contributed by atoms with Crippen LogP contribution < -0.4 is 0 Å². The molecule has 0 radical (unpaired) electrons. The highest BCUT2D eigenvalue weighted by Crippen LogP contribution is 2.32. The van der Waals surface area contributed by atoms with Crippen molar-refractivity contribution in [2.75, 3.05) is 27.4 Å². The Bertz CT molecular complexity index is 507. The van der Waals surface area contributed by atoms with Gasteiger partial charge in [0, 0.05) is 11.1 Å². The number of allylic oxidation sites excluding steroid dienone is 3. The molecule has 2 aliphatic rings. The number of carbonyl (C=O) groups excluding carboxylic acids is 2. The third-order valence-corrected chi connectivity index (χ3v) is 3.00. The van der Waals surface area contributed by atoms with E-state index in [1.165, 1.54) is 14.2 Å². The SMILES string of the molecule is C/C=C1\COCC2=C1C(=O)C(OC)=C(OC)C2=O.